The van der Waals surface area contributed by atoms with Gasteiger partial charge < -0.3 is 5.21 Å². The van der Waals surface area contributed by atoms with Crippen LogP contribution in [-0.4, -0.2) is 35.0 Å². The number of nitrogens with zero attached hydrogens (tertiary/aromatic N) is 2. The predicted octanol–water partition coefficient (Wildman–Crippen LogP) is 1.46. The monoisotopic (exact) mass is 168 g/mol. The Morgan fingerprint density at radius 2 is 2.33 bits per heavy atom. The fraction of sp³-hybridized carbons (Fsp3) is 0.889. The Hall–Kier alpha value is -0.570. The summed E-state index contributed by atoms with van der Waals surface area (Å²) < 4.78 is 0. The zero-order valence-corrected chi connectivity index (χ0v) is 7.53. The van der Waals surface area contributed by atoms with Gasteiger partial charge in [-0.3, -0.25) is 4.90 Å². The van der Waals surface area contributed by atoms with E-state index in [0.717, 1.165) is 18.9 Å². The van der Waals surface area contributed by atoms with Crippen molar-refractivity contribution in [1.82, 2.24) is 4.90 Å². The standard InChI is InChI=1S/C9H16N2O/c1-11-8-3-2-5-9(11,6-4-8)7-10-12/h7-8,12H,2-6H2,1H3. The lowest BCUT2D eigenvalue weighted by Crippen LogP contribution is -2.48. The molecule has 2 atom stereocenters. The van der Waals surface area contributed by atoms with Gasteiger partial charge in [-0.05, 0) is 39.2 Å². The molecule has 2 bridgehead atoms. The Kier molecular flexibility index (Phi) is 1.83. The molecule has 2 rings (SSSR count). The highest BCUT2D eigenvalue weighted by Gasteiger charge is 2.45. The summed E-state index contributed by atoms with van der Waals surface area (Å²) in [5.74, 6) is 0. The molecule has 2 saturated heterocycles. The third kappa shape index (κ3) is 0.959. The van der Waals surface area contributed by atoms with Crippen molar-refractivity contribution in [3.05, 3.63) is 0 Å². The summed E-state index contributed by atoms with van der Waals surface area (Å²) in [4.78, 5) is 2.39. The van der Waals surface area contributed by atoms with E-state index in [1.807, 2.05) is 0 Å². The molecule has 2 fully saturated rings. The molecule has 0 aliphatic carbocycles. The number of piperidine rings is 1. The number of hydrogen-bond donors (Lipinski definition) is 1. The third-order valence-corrected chi connectivity index (χ3v) is 3.61. The molecule has 0 aromatic carbocycles. The van der Waals surface area contributed by atoms with E-state index in [2.05, 4.69) is 17.1 Å². The highest BCUT2D eigenvalue weighted by molar-refractivity contribution is 5.70. The number of fused-ring (bicyclic) bond motifs is 2. The molecule has 0 aromatic rings. The van der Waals surface area contributed by atoms with Gasteiger partial charge in [-0.25, -0.2) is 0 Å². The smallest absolute Gasteiger partial charge is 0.0639 e. The lowest BCUT2D eigenvalue weighted by Gasteiger charge is -2.39. The van der Waals surface area contributed by atoms with Gasteiger partial charge in [-0.15, -0.1) is 5.16 Å². The van der Waals surface area contributed by atoms with E-state index in [-0.39, 0.29) is 5.54 Å². The van der Waals surface area contributed by atoms with Crippen molar-refractivity contribution in [3.63, 3.8) is 0 Å². The molecule has 0 amide bonds. The van der Waals surface area contributed by atoms with E-state index in [0.29, 0.717) is 0 Å². The topological polar surface area (TPSA) is 35.8 Å². The lowest BCUT2D eigenvalue weighted by atomic mass is 9.90. The van der Waals surface area contributed by atoms with E-state index >= 15 is 0 Å². The van der Waals surface area contributed by atoms with Crippen molar-refractivity contribution in [2.45, 2.75) is 43.7 Å². The van der Waals surface area contributed by atoms with Gasteiger partial charge in [-0.1, -0.05) is 0 Å². The average Bonchev–Trinajstić information content (AvgIpc) is 2.30. The minimum Gasteiger partial charge on any atom is -0.411 e. The molecule has 2 aliphatic rings. The highest BCUT2D eigenvalue weighted by atomic mass is 16.4. The van der Waals surface area contributed by atoms with Crippen molar-refractivity contribution >= 4 is 6.21 Å². The van der Waals surface area contributed by atoms with Crippen LogP contribution in [0.5, 0.6) is 0 Å². The van der Waals surface area contributed by atoms with Gasteiger partial charge in [0.2, 0.25) is 0 Å². The second-order valence-corrected chi connectivity index (χ2v) is 4.04. The Morgan fingerprint density at radius 1 is 1.50 bits per heavy atom. The largest absolute Gasteiger partial charge is 0.411 e. The molecule has 0 radical (unpaired) electrons. The van der Waals surface area contributed by atoms with Crippen molar-refractivity contribution in [2.24, 2.45) is 5.16 Å². The molecule has 2 unspecified atom stereocenters. The molecule has 1 N–H and O–H groups in total. The second kappa shape index (κ2) is 2.73. The van der Waals surface area contributed by atoms with Gasteiger partial charge in [0.1, 0.15) is 0 Å². The maximum Gasteiger partial charge on any atom is 0.0639 e. The molecule has 3 heteroatoms. The first-order valence-electron chi connectivity index (χ1n) is 4.70. The van der Waals surface area contributed by atoms with Crippen LogP contribution in [0.15, 0.2) is 5.16 Å². The SMILES string of the molecule is CN1C2CCCC1(C=NO)CC2. The van der Waals surface area contributed by atoms with E-state index in [4.69, 9.17) is 5.21 Å². The van der Waals surface area contributed by atoms with Crippen LogP contribution >= 0.6 is 0 Å². The number of oxime groups is 1. The number of hydrogen-bond acceptors (Lipinski definition) is 3. The average molecular weight is 168 g/mol. The molecule has 3 nitrogen and oxygen atoms in total. The maximum absolute atomic E-state index is 8.59. The predicted molar refractivity (Wildman–Crippen MR) is 47.6 cm³/mol. The fourth-order valence-electron chi connectivity index (χ4n) is 2.76. The fourth-order valence-corrected chi connectivity index (χ4v) is 2.76. The summed E-state index contributed by atoms with van der Waals surface area (Å²) in [5, 5.41) is 11.8. The summed E-state index contributed by atoms with van der Waals surface area (Å²) in [7, 11) is 2.15. The molecule has 2 aliphatic heterocycles. The van der Waals surface area contributed by atoms with E-state index in [9.17, 15) is 0 Å². The van der Waals surface area contributed by atoms with E-state index in [1.165, 1.54) is 19.3 Å². The van der Waals surface area contributed by atoms with Crippen LogP contribution in [0.3, 0.4) is 0 Å². The Labute approximate surface area is 73.1 Å². The molecule has 12 heavy (non-hydrogen) atoms. The van der Waals surface area contributed by atoms with Crippen LogP contribution < -0.4 is 0 Å². The van der Waals surface area contributed by atoms with Crippen LogP contribution in [0, 0.1) is 0 Å². The Morgan fingerprint density at radius 3 is 3.08 bits per heavy atom. The molecule has 0 aromatic heterocycles. The van der Waals surface area contributed by atoms with Gasteiger partial charge in [-0.2, -0.15) is 0 Å². The van der Waals surface area contributed by atoms with E-state index < -0.39 is 0 Å². The Balaban J connectivity index is 2.23. The molecule has 0 saturated carbocycles. The van der Waals surface area contributed by atoms with Crippen molar-refractivity contribution < 1.29 is 5.21 Å². The highest BCUT2D eigenvalue weighted by Crippen LogP contribution is 2.41. The van der Waals surface area contributed by atoms with Crippen LogP contribution in [-0.2, 0) is 0 Å². The first kappa shape index (κ1) is 8.05. The molecule has 0 spiro atoms. The molecular weight excluding hydrogens is 152 g/mol. The van der Waals surface area contributed by atoms with Crippen molar-refractivity contribution in [2.75, 3.05) is 7.05 Å². The first-order chi connectivity index (χ1) is 5.78. The molecular formula is C9H16N2O. The molecule has 2 heterocycles. The van der Waals surface area contributed by atoms with Crippen molar-refractivity contribution in [3.8, 4) is 0 Å². The summed E-state index contributed by atoms with van der Waals surface area (Å²) in [6, 6.07) is 0.733. The van der Waals surface area contributed by atoms with Crippen LogP contribution in [0.25, 0.3) is 0 Å². The van der Waals surface area contributed by atoms with Gasteiger partial charge in [0.15, 0.2) is 0 Å². The normalized spacial score (nSPS) is 42.6. The summed E-state index contributed by atoms with van der Waals surface area (Å²) in [5.41, 5.74) is 0.0949. The van der Waals surface area contributed by atoms with Gasteiger partial charge >= 0.3 is 0 Å². The van der Waals surface area contributed by atoms with Crippen LogP contribution in [0.2, 0.25) is 0 Å². The minimum absolute atomic E-state index is 0.0949. The van der Waals surface area contributed by atoms with Gasteiger partial charge in [0.05, 0.1) is 11.8 Å². The molecule has 68 valence electrons. The third-order valence-electron chi connectivity index (χ3n) is 3.61. The summed E-state index contributed by atoms with van der Waals surface area (Å²) in [6.45, 7) is 0. The minimum atomic E-state index is 0.0949. The first-order valence-corrected chi connectivity index (χ1v) is 4.70. The van der Waals surface area contributed by atoms with Crippen molar-refractivity contribution in [1.29, 1.82) is 0 Å². The van der Waals surface area contributed by atoms with E-state index in [1.54, 1.807) is 6.21 Å². The quantitative estimate of drug-likeness (QED) is 0.365. The van der Waals surface area contributed by atoms with Crippen LogP contribution in [0.4, 0.5) is 0 Å². The lowest BCUT2D eigenvalue weighted by molar-refractivity contribution is 0.137. The summed E-state index contributed by atoms with van der Waals surface area (Å²) in [6.07, 6.45) is 7.91. The van der Waals surface area contributed by atoms with Gasteiger partial charge in [0.25, 0.3) is 0 Å². The second-order valence-electron chi connectivity index (χ2n) is 4.04. The van der Waals surface area contributed by atoms with Gasteiger partial charge in [0, 0.05) is 6.04 Å². The Bertz CT molecular complexity index is 201. The summed E-state index contributed by atoms with van der Waals surface area (Å²) >= 11 is 0. The van der Waals surface area contributed by atoms with Crippen LogP contribution in [0.1, 0.15) is 32.1 Å². The maximum atomic E-state index is 8.59. The number of rotatable bonds is 1. The zero-order chi connectivity index (χ0) is 8.60. The zero-order valence-electron chi connectivity index (χ0n) is 7.53.